The highest BCUT2D eigenvalue weighted by molar-refractivity contribution is 5.77. The Kier molecular flexibility index (Phi) is 3.94. The number of rotatable bonds is 3. The molecule has 0 aliphatic carbocycles. The van der Waals surface area contributed by atoms with Crippen LogP contribution in [0.25, 0.3) is 22.4 Å². The van der Waals surface area contributed by atoms with Gasteiger partial charge < -0.3 is 4.74 Å². The van der Waals surface area contributed by atoms with Crippen LogP contribution in [0.1, 0.15) is 5.56 Å². The van der Waals surface area contributed by atoms with Crippen LogP contribution in [0.2, 0.25) is 0 Å². The largest absolute Gasteiger partial charge is 0.497 e. The van der Waals surface area contributed by atoms with E-state index in [2.05, 4.69) is 11.1 Å². The zero-order valence-corrected chi connectivity index (χ0v) is 12.7. The van der Waals surface area contributed by atoms with Gasteiger partial charge in [-0.2, -0.15) is 5.26 Å². The quantitative estimate of drug-likeness (QED) is 0.806. The number of methoxy groups -OCH3 is 1. The number of nitriles is 1. The van der Waals surface area contributed by atoms with Gasteiger partial charge in [0.25, 0.3) is 5.82 Å². The predicted octanol–water partition coefficient (Wildman–Crippen LogP) is 3.30. The first-order chi connectivity index (χ1) is 11.2. The molecular formula is C19H16N3O+. The second-order valence-electron chi connectivity index (χ2n) is 5.09. The SMILES string of the molecule is COc1ccc(-c2cc(-c3ccccc3)c(C#N)c(N)[nH+]2)cc1. The van der Waals surface area contributed by atoms with E-state index in [1.807, 2.05) is 60.7 Å². The summed E-state index contributed by atoms with van der Waals surface area (Å²) in [4.78, 5) is 3.11. The van der Waals surface area contributed by atoms with Crippen LogP contribution in [0.5, 0.6) is 5.75 Å². The average molecular weight is 302 g/mol. The van der Waals surface area contributed by atoms with E-state index in [4.69, 9.17) is 10.5 Å². The molecule has 1 aromatic heterocycles. The van der Waals surface area contributed by atoms with Gasteiger partial charge in [0, 0.05) is 11.1 Å². The molecule has 0 radical (unpaired) electrons. The Morgan fingerprint density at radius 3 is 2.30 bits per heavy atom. The van der Waals surface area contributed by atoms with Crippen LogP contribution in [-0.2, 0) is 0 Å². The van der Waals surface area contributed by atoms with E-state index < -0.39 is 0 Å². The number of aromatic nitrogens is 1. The highest BCUT2D eigenvalue weighted by Gasteiger charge is 2.16. The second kappa shape index (κ2) is 6.20. The lowest BCUT2D eigenvalue weighted by Crippen LogP contribution is -2.16. The lowest BCUT2D eigenvalue weighted by Gasteiger charge is -2.08. The number of hydrogen-bond acceptors (Lipinski definition) is 3. The maximum Gasteiger partial charge on any atom is 0.289 e. The lowest BCUT2D eigenvalue weighted by atomic mass is 9.98. The smallest absolute Gasteiger partial charge is 0.289 e. The molecule has 0 aliphatic heterocycles. The number of H-pyrrole nitrogens is 1. The molecule has 0 saturated carbocycles. The third-order valence-corrected chi connectivity index (χ3v) is 3.69. The normalized spacial score (nSPS) is 10.1. The van der Waals surface area contributed by atoms with Crippen molar-refractivity contribution in [2.24, 2.45) is 0 Å². The molecule has 0 atom stereocenters. The molecule has 112 valence electrons. The van der Waals surface area contributed by atoms with E-state index in [9.17, 15) is 5.26 Å². The van der Waals surface area contributed by atoms with E-state index in [0.29, 0.717) is 11.4 Å². The van der Waals surface area contributed by atoms with Crippen LogP contribution in [0, 0.1) is 11.3 Å². The number of anilines is 1. The van der Waals surface area contributed by atoms with Gasteiger partial charge in [-0.15, -0.1) is 0 Å². The molecule has 3 N–H and O–H groups in total. The fraction of sp³-hybridized carbons (Fsp3) is 0.0526. The Bertz CT molecular complexity index is 866. The van der Waals surface area contributed by atoms with Crippen LogP contribution in [0.15, 0.2) is 60.7 Å². The molecule has 4 heteroatoms. The Morgan fingerprint density at radius 2 is 1.70 bits per heavy atom. The maximum absolute atomic E-state index is 9.42. The van der Waals surface area contributed by atoms with Crippen LogP contribution in [0.4, 0.5) is 5.82 Å². The summed E-state index contributed by atoms with van der Waals surface area (Å²) in [5.41, 5.74) is 10.1. The number of nitrogens with two attached hydrogens (primary N) is 1. The highest BCUT2D eigenvalue weighted by Crippen LogP contribution is 2.29. The topological polar surface area (TPSA) is 73.2 Å². The molecule has 23 heavy (non-hydrogen) atoms. The molecule has 3 aromatic rings. The summed E-state index contributed by atoms with van der Waals surface area (Å²) in [6.45, 7) is 0. The fourth-order valence-electron chi connectivity index (χ4n) is 2.50. The zero-order valence-electron chi connectivity index (χ0n) is 12.7. The summed E-state index contributed by atoms with van der Waals surface area (Å²) in [5.74, 6) is 1.15. The van der Waals surface area contributed by atoms with Crippen molar-refractivity contribution in [2.45, 2.75) is 0 Å². The van der Waals surface area contributed by atoms with E-state index in [1.54, 1.807) is 7.11 Å². The number of pyridine rings is 1. The number of aromatic amines is 1. The van der Waals surface area contributed by atoms with Gasteiger partial charge in [0.05, 0.1) is 7.11 Å². The van der Waals surface area contributed by atoms with Crippen molar-refractivity contribution in [3.05, 3.63) is 66.2 Å². The van der Waals surface area contributed by atoms with Gasteiger partial charge in [-0.3, -0.25) is 5.73 Å². The van der Waals surface area contributed by atoms with Gasteiger partial charge >= 0.3 is 0 Å². The predicted molar refractivity (Wildman–Crippen MR) is 89.5 cm³/mol. The summed E-state index contributed by atoms with van der Waals surface area (Å²) in [7, 11) is 1.63. The number of benzene rings is 2. The minimum absolute atomic E-state index is 0.361. The van der Waals surface area contributed by atoms with E-state index in [0.717, 1.165) is 28.1 Å². The van der Waals surface area contributed by atoms with Crippen molar-refractivity contribution in [2.75, 3.05) is 12.8 Å². The van der Waals surface area contributed by atoms with Crippen molar-refractivity contribution in [1.82, 2.24) is 0 Å². The van der Waals surface area contributed by atoms with Gasteiger partial charge in [-0.25, -0.2) is 4.98 Å². The maximum atomic E-state index is 9.42. The second-order valence-corrected chi connectivity index (χ2v) is 5.09. The Balaban J connectivity index is 2.16. The number of hydrogen-bond donors (Lipinski definition) is 1. The third-order valence-electron chi connectivity index (χ3n) is 3.69. The first kappa shape index (κ1) is 14.6. The Morgan fingerprint density at radius 1 is 1.00 bits per heavy atom. The minimum Gasteiger partial charge on any atom is -0.497 e. The molecule has 0 bridgehead atoms. The summed E-state index contributed by atoms with van der Waals surface area (Å²) >= 11 is 0. The summed E-state index contributed by atoms with van der Waals surface area (Å²) in [5, 5.41) is 9.42. The highest BCUT2D eigenvalue weighted by atomic mass is 16.5. The summed E-state index contributed by atoms with van der Waals surface area (Å²) in [6, 6.07) is 21.6. The molecular weight excluding hydrogens is 286 g/mol. The first-order valence-corrected chi connectivity index (χ1v) is 7.18. The van der Waals surface area contributed by atoms with Crippen LogP contribution in [-0.4, -0.2) is 7.11 Å². The Labute approximate surface area is 134 Å². The number of nitrogens with zero attached hydrogens (tertiary/aromatic N) is 1. The zero-order chi connectivity index (χ0) is 16.2. The molecule has 0 spiro atoms. The van der Waals surface area contributed by atoms with E-state index in [1.165, 1.54) is 0 Å². The van der Waals surface area contributed by atoms with E-state index in [-0.39, 0.29) is 0 Å². The fourth-order valence-corrected chi connectivity index (χ4v) is 2.50. The van der Waals surface area contributed by atoms with Crippen LogP contribution >= 0.6 is 0 Å². The monoisotopic (exact) mass is 302 g/mol. The Hall–Kier alpha value is -3.32. The summed E-state index contributed by atoms with van der Waals surface area (Å²) in [6.07, 6.45) is 0. The molecule has 0 fully saturated rings. The molecule has 2 aromatic carbocycles. The van der Waals surface area contributed by atoms with Crippen LogP contribution < -0.4 is 15.5 Å². The lowest BCUT2D eigenvalue weighted by molar-refractivity contribution is -0.346. The van der Waals surface area contributed by atoms with Gasteiger partial charge in [0.1, 0.15) is 23.1 Å². The van der Waals surface area contributed by atoms with Gasteiger partial charge in [0.2, 0.25) is 0 Å². The van der Waals surface area contributed by atoms with Crippen molar-refractivity contribution < 1.29 is 9.72 Å². The molecule has 0 amide bonds. The average Bonchev–Trinajstić information content (AvgIpc) is 2.62. The van der Waals surface area contributed by atoms with Crippen molar-refractivity contribution in [3.8, 4) is 34.2 Å². The van der Waals surface area contributed by atoms with Crippen molar-refractivity contribution in [1.29, 1.82) is 5.26 Å². The van der Waals surface area contributed by atoms with Gasteiger partial charge in [-0.1, -0.05) is 30.3 Å². The molecule has 0 unspecified atom stereocenters. The van der Waals surface area contributed by atoms with Gasteiger partial charge in [0.15, 0.2) is 0 Å². The number of nitrogens with one attached hydrogen (secondary N) is 1. The van der Waals surface area contributed by atoms with Crippen LogP contribution in [0.3, 0.4) is 0 Å². The molecule has 3 rings (SSSR count). The molecule has 4 nitrogen and oxygen atoms in total. The van der Waals surface area contributed by atoms with Crippen molar-refractivity contribution >= 4 is 5.82 Å². The standard InChI is InChI=1S/C19H15N3O/c1-23-15-9-7-14(8-10-15)18-11-16(13-5-3-2-4-6-13)17(12-20)19(21)22-18/h2-11H,1H3,(H2,21,22)/p+1. The molecule has 0 aliphatic rings. The third kappa shape index (κ3) is 2.85. The minimum atomic E-state index is 0.361. The number of ether oxygens (including phenoxy) is 1. The first-order valence-electron chi connectivity index (χ1n) is 7.18. The molecule has 1 heterocycles. The molecule has 0 saturated heterocycles. The van der Waals surface area contributed by atoms with Crippen molar-refractivity contribution in [3.63, 3.8) is 0 Å². The number of nitrogen functional groups attached to an aromatic ring is 1. The summed E-state index contributed by atoms with van der Waals surface area (Å²) < 4.78 is 5.18. The van der Waals surface area contributed by atoms with Gasteiger partial charge in [-0.05, 0) is 35.9 Å². The van der Waals surface area contributed by atoms with E-state index >= 15 is 0 Å².